The minimum absolute atomic E-state index is 0.124. The molecule has 0 atom stereocenters. The standard InChI is InChI=1S/C18H22O5S2/c1-13-5-7-17(9-15(13)3)24(19,20)11-23-12-25(21,22)18-8-6-14(2)16(4)10-18/h5-10H,11-12H2,1-4H3. The van der Waals surface area contributed by atoms with Gasteiger partial charge in [-0.1, -0.05) is 12.1 Å². The second-order valence-electron chi connectivity index (χ2n) is 6.16. The van der Waals surface area contributed by atoms with Crippen LogP contribution in [0.3, 0.4) is 0 Å². The lowest BCUT2D eigenvalue weighted by molar-refractivity contribution is 0.224. The Kier molecular flexibility index (Phi) is 5.71. The molecular formula is C18H22O5S2. The summed E-state index contributed by atoms with van der Waals surface area (Å²) in [6.45, 7) is 7.41. The Labute approximate surface area is 149 Å². The van der Waals surface area contributed by atoms with E-state index in [9.17, 15) is 16.8 Å². The molecular weight excluding hydrogens is 360 g/mol. The Bertz CT molecular complexity index is 909. The third-order valence-corrected chi connectivity index (χ3v) is 7.05. The van der Waals surface area contributed by atoms with Crippen LogP contribution in [0.1, 0.15) is 22.3 Å². The lowest BCUT2D eigenvalue weighted by Crippen LogP contribution is -2.16. The van der Waals surface area contributed by atoms with Crippen LogP contribution in [0.5, 0.6) is 0 Å². The molecule has 2 aromatic carbocycles. The zero-order valence-corrected chi connectivity index (χ0v) is 16.4. The number of aryl methyl sites for hydroxylation is 4. The third-order valence-electron chi connectivity index (χ3n) is 4.15. The average Bonchev–Trinajstić information content (AvgIpc) is 2.52. The van der Waals surface area contributed by atoms with E-state index in [2.05, 4.69) is 0 Å². The van der Waals surface area contributed by atoms with Crippen molar-refractivity contribution < 1.29 is 21.6 Å². The van der Waals surface area contributed by atoms with Crippen molar-refractivity contribution in [2.45, 2.75) is 37.5 Å². The number of hydrogen-bond donors (Lipinski definition) is 0. The Morgan fingerprint density at radius 3 is 1.32 bits per heavy atom. The predicted molar refractivity (Wildman–Crippen MR) is 97.0 cm³/mol. The predicted octanol–water partition coefficient (Wildman–Crippen LogP) is 3.10. The van der Waals surface area contributed by atoms with Gasteiger partial charge in [0.2, 0.25) is 19.7 Å². The molecule has 0 radical (unpaired) electrons. The van der Waals surface area contributed by atoms with E-state index in [-0.39, 0.29) is 9.79 Å². The van der Waals surface area contributed by atoms with Crippen LogP contribution in [-0.4, -0.2) is 28.7 Å². The highest BCUT2D eigenvalue weighted by Crippen LogP contribution is 2.19. The summed E-state index contributed by atoms with van der Waals surface area (Å²) in [6.07, 6.45) is 0. The minimum Gasteiger partial charge on any atom is -0.349 e. The number of hydrogen-bond acceptors (Lipinski definition) is 5. The van der Waals surface area contributed by atoms with Gasteiger partial charge < -0.3 is 4.74 Å². The molecule has 0 aliphatic carbocycles. The summed E-state index contributed by atoms with van der Waals surface area (Å²) in [6, 6.07) is 9.55. The third kappa shape index (κ3) is 4.68. The fraction of sp³-hybridized carbons (Fsp3) is 0.333. The monoisotopic (exact) mass is 382 g/mol. The van der Waals surface area contributed by atoms with E-state index in [4.69, 9.17) is 4.74 Å². The van der Waals surface area contributed by atoms with Crippen LogP contribution in [-0.2, 0) is 24.4 Å². The van der Waals surface area contributed by atoms with E-state index in [0.29, 0.717) is 0 Å². The maximum absolute atomic E-state index is 12.3. The second kappa shape index (κ2) is 7.27. The number of benzene rings is 2. The molecule has 0 heterocycles. The Hall–Kier alpha value is -1.70. The van der Waals surface area contributed by atoms with Crippen molar-refractivity contribution in [1.82, 2.24) is 0 Å². The molecule has 25 heavy (non-hydrogen) atoms. The van der Waals surface area contributed by atoms with Gasteiger partial charge in [0, 0.05) is 0 Å². The molecule has 0 fully saturated rings. The summed E-state index contributed by atoms with van der Waals surface area (Å²) in [5.74, 6) is -1.36. The van der Waals surface area contributed by atoms with Crippen molar-refractivity contribution in [3.8, 4) is 0 Å². The van der Waals surface area contributed by atoms with Crippen molar-refractivity contribution in [3.63, 3.8) is 0 Å². The molecule has 2 aromatic rings. The molecule has 0 unspecified atom stereocenters. The van der Waals surface area contributed by atoms with Crippen LogP contribution in [0.25, 0.3) is 0 Å². The first kappa shape index (κ1) is 19.6. The maximum Gasteiger partial charge on any atom is 0.202 e. The normalized spacial score (nSPS) is 12.3. The van der Waals surface area contributed by atoms with E-state index < -0.39 is 31.6 Å². The zero-order valence-electron chi connectivity index (χ0n) is 14.7. The first-order valence-electron chi connectivity index (χ1n) is 7.71. The summed E-state index contributed by atoms with van der Waals surface area (Å²) < 4.78 is 54.2. The number of sulfone groups is 2. The van der Waals surface area contributed by atoms with E-state index in [1.165, 1.54) is 12.1 Å². The van der Waals surface area contributed by atoms with Crippen molar-refractivity contribution in [2.75, 3.05) is 11.9 Å². The summed E-state index contributed by atoms with van der Waals surface area (Å²) >= 11 is 0. The van der Waals surface area contributed by atoms with Crippen LogP contribution in [0.15, 0.2) is 46.2 Å². The Morgan fingerprint density at radius 1 is 0.640 bits per heavy atom. The van der Waals surface area contributed by atoms with Gasteiger partial charge in [-0.25, -0.2) is 16.8 Å². The fourth-order valence-corrected chi connectivity index (χ4v) is 4.45. The van der Waals surface area contributed by atoms with Gasteiger partial charge in [0.15, 0.2) is 11.9 Å². The van der Waals surface area contributed by atoms with E-state index in [0.717, 1.165) is 22.3 Å². The second-order valence-corrected chi connectivity index (χ2v) is 10.0. The van der Waals surface area contributed by atoms with Crippen LogP contribution >= 0.6 is 0 Å². The minimum atomic E-state index is -3.71. The Morgan fingerprint density at radius 2 is 1.00 bits per heavy atom. The smallest absolute Gasteiger partial charge is 0.202 e. The zero-order chi connectivity index (χ0) is 18.8. The quantitative estimate of drug-likeness (QED) is 0.767. The molecule has 0 saturated carbocycles. The number of rotatable bonds is 6. The molecule has 5 nitrogen and oxygen atoms in total. The summed E-state index contributed by atoms with van der Waals surface area (Å²) in [5, 5.41) is 0. The summed E-state index contributed by atoms with van der Waals surface area (Å²) in [5.41, 5.74) is 3.67. The molecule has 0 spiro atoms. The van der Waals surface area contributed by atoms with Gasteiger partial charge in [-0.05, 0) is 74.2 Å². The van der Waals surface area contributed by atoms with E-state index in [1.54, 1.807) is 24.3 Å². The van der Waals surface area contributed by atoms with Crippen LogP contribution < -0.4 is 0 Å². The van der Waals surface area contributed by atoms with Crippen LogP contribution in [0.4, 0.5) is 0 Å². The van der Waals surface area contributed by atoms with Crippen LogP contribution in [0.2, 0.25) is 0 Å². The molecule has 136 valence electrons. The van der Waals surface area contributed by atoms with Gasteiger partial charge in [0.1, 0.15) is 0 Å². The van der Waals surface area contributed by atoms with Gasteiger partial charge in [0.05, 0.1) is 9.79 Å². The van der Waals surface area contributed by atoms with Gasteiger partial charge in [0.25, 0.3) is 0 Å². The summed E-state index contributed by atoms with van der Waals surface area (Å²) in [4.78, 5) is 0.248. The maximum atomic E-state index is 12.3. The van der Waals surface area contributed by atoms with E-state index in [1.807, 2.05) is 27.7 Å². The van der Waals surface area contributed by atoms with Crippen molar-refractivity contribution in [3.05, 3.63) is 58.7 Å². The highest BCUT2D eigenvalue weighted by Gasteiger charge is 2.20. The lowest BCUT2D eigenvalue weighted by Gasteiger charge is -2.10. The molecule has 0 saturated heterocycles. The van der Waals surface area contributed by atoms with Gasteiger partial charge in [-0.2, -0.15) is 0 Å². The van der Waals surface area contributed by atoms with Crippen molar-refractivity contribution in [1.29, 1.82) is 0 Å². The van der Waals surface area contributed by atoms with E-state index >= 15 is 0 Å². The Balaban J connectivity index is 2.10. The van der Waals surface area contributed by atoms with Gasteiger partial charge in [-0.15, -0.1) is 0 Å². The molecule has 0 N–H and O–H groups in total. The summed E-state index contributed by atoms with van der Waals surface area (Å²) in [7, 11) is -7.41. The highest BCUT2D eigenvalue weighted by atomic mass is 32.2. The van der Waals surface area contributed by atoms with Gasteiger partial charge in [-0.3, -0.25) is 0 Å². The first-order chi connectivity index (χ1) is 11.5. The van der Waals surface area contributed by atoms with Crippen molar-refractivity contribution >= 4 is 19.7 Å². The van der Waals surface area contributed by atoms with Gasteiger partial charge >= 0.3 is 0 Å². The topological polar surface area (TPSA) is 77.5 Å². The largest absolute Gasteiger partial charge is 0.349 e. The molecule has 0 amide bonds. The first-order valence-corrected chi connectivity index (χ1v) is 11.0. The fourth-order valence-electron chi connectivity index (χ4n) is 2.20. The highest BCUT2D eigenvalue weighted by molar-refractivity contribution is 7.92. The molecule has 0 aliphatic rings. The molecule has 7 heteroatoms. The molecule has 0 aromatic heterocycles. The molecule has 0 aliphatic heterocycles. The SMILES string of the molecule is Cc1ccc(S(=O)(=O)COCS(=O)(=O)c2ccc(C)c(C)c2)cc1C. The number of ether oxygens (including phenoxy) is 1. The molecule has 2 rings (SSSR count). The lowest BCUT2D eigenvalue weighted by atomic mass is 10.1. The average molecular weight is 383 g/mol. The molecule has 0 bridgehead atoms. The van der Waals surface area contributed by atoms with Crippen LogP contribution in [0, 0.1) is 27.7 Å². The van der Waals surface area contributed by atoms with Crippen molar-refractivity contribution in [2.24, 2.45) is 0 Å².